The Balaban J connectivity index is 2.24. The highest BCUT2D eigenvalue weighted by molar-refractivity contribution is 5.77. The first-order valence-corrected chi connectivity index (χ1v) is 5.86. The Morgan fingerprint density at radius 2 is 2.06 bits per heavy atom. The van der Waals surface area contributed by atoms with Crippen molar-refractivity contribution >= 4 is 16.8 Å². The van der Waals surface area contributed by atoms with Crippen LogP contribution in [0.3, 0.4) is 0 Å². The summed E-state index contributed by atoms with van der Waals surface area (Å²) in [6.07, 6.45) is 2.26. The quantitative estimate of drug-likeness (QED) is 0.849. The van der Waals surface area contributed by atoms with Gasteiger partial charge in [0.2, 0.25) is 0 Å². The van der Waals surface area contributed by atoms with Gasteiger partial charge in [-0.1, -0.05) is 13.8 Å². The van der Waals surface area contributed by atoms with Gasteiger partial charge < -0.3 is 9.73 Å². The van der Waals surface area contributed by atoms with Crippen LogP contribution in [-0.2, 0) is 0 Å². The van der Waals surface area contributed by atoms with Crippen molar-refractivity contribution in [3.63, 3.8) is 0 Å². The molecule has 0 fully saturated rings. The molecule has 0 unspecified atom stereocenters. The van der Waals surface area contributed by atoms with E-state index >= 15 is 0 Å². The Hall–Kier alpha value is -1.51. The summed E-state index contributed by atoms with van der Waals surface area (Å²) in [5, 5.41) is 3.50. The number of aromatic nitrogens is 1. The summed E-state index contributed by atoms with van der Waals surface area (Å²) in [7, 11) is 0. The zero-order chi connectivity index (χ0) is 11.5. The van der Waals surface area contributed by atoms with E-state index in [0.717, 1.165) is 35.5 Å². The Morgan fingerprint density at radius 1 is 1.31 bits per heavy atom. The van der Waals surface area contributed by atoms with Crippen molar-refractivity contribution in [3.8, 4) is 0 Å². The van der Waals surface area contributed by atoms with Gasteiger partial charge in [-0.25, -0.2) is 4.98 Å². The van der Waals surface area contributed by atoms with Crippen LogP contribution in [0.4, 0.5) is 5.69 Å². The van der Waals surface area contributed by atoms with E-state index < -0.39 is 0 Å². The fourth-order valence-corrected chi connectivity index (χ4v) is 1.86. The van der Waals surface area contributed by atoms with Gasteiger partial charge >= 0.3 is 0 Å². The topological polar surface area (TPSA) is 38.1 Å². The fraction of sp³-hybridized carbons (Fsp3) is 0.462. The Labute approximate surface area is 95.9 Å². The maximum atomic E-state index is 5.44. The summed E-state index contributed by atoms with van der Waals surface area (Å²) in [6, 6.07) is 6.60. The molecule has 0 radical (unpaired) electrons. The number of nitrogens with zero attached hydrogens (tertiary/aromatic N) is 1. The minimum absolute atomic E-state index is 0.533. The molecule has 1 aromatic heterocycles. The van der Waals surface area contributed by atoms with E-state index in [-0.39, 0.29) is 0 Å². The summed E-state index contributed by atoms with van der Waals surface area (Å²) < 4.78 is 5.44. The fourth-order valence-electron chi connectivity index (χ4n) is 1.86. The van der Waals surface area contributed by atoms with E-state index in [1.807, 2.05) is 25.1 Å². The third-order valence-electron chi connectivity index (χ3n) is 2.85. The third-order valence-corrected chi connectivity index (χ3v) is 2.85. The Bertz CT molecular complexity index is 472. The molecule has 3 nitrogen and oxygen atoms in total. The molecule has 86 valence electrons. The predicted octanol–water partition coefficient (Wildman–Crippen LogP) is 3.74. The summed E-state index contributed by atoms with van der Waals surface area (Å²) in [5.41, 5.74) is 2.90. The molecule has 0 amide bonds. The number of oxazole rings is 1. The number of benzene rings is 1. The van der Waals surface area contributed by atoms with E-state index in [2.05, 4.69) is 24.1 Å². The second-order valence-electron chi connectivity index (χ2n) is 4.07. The monoisotopic (exact) mass is 218 g/mol. The average molecular weight is 218 g/mol. The zero-order valence-electron chi connectivity index (χ0n) is 10.1. The van der Waals surface area contributed by atoms with Crippen molar-refractivity contribution in [3.05, 3.63) is 24.1 Å². The smallest absolute Gasteiger partial charge is 0.192 e. The molecular weight excluding hydrogens is 200 g/mol. The molecule has 2 rings (SSSR count). The van der Waals surface area contributed by atoms with Crippen LogP contribution in [0, 0.1) is 6.92 Å². The maximum absolute atomic E-state index is 5.44. The number of hydrogen-bond donors (Lipinski definition) is 1. The molecule has 0 bridgehead atoms. The van der Waals surface area contributed by atoms with Gasteiger partial charge in [0.05, 0.1) is 0 Å². The number of aryl methyl sites for hydroxylation is 1. The molecule has 0 aliphatic heterocycles. The summed E-state index contributed by atoms with van der Waals surface area (Å²) in [5.74, 6) is 0.717. The van der Waals surface area contributed by atoms with Crippen LogP contribution in [0.5, 0.6) is 0 Å². The predicted molar refractivity (Wildman–Crippen MR) is 66.7 cm³/mol. The van der Waals surface area contributed by atoms with E-state index in [4.69, 9.17) is 4.42 Å². The minimum atomic E-state index is 0.533. The molecular formula is C13H18N2O. The van der Waals surface area contributed by atoms with Gasteiger partial charge in [0.15, 0.2) is 11.5 Å². The van der Waals surface area contributed by atoms with Crippen molar-refractivity contribution < 1.29 is 4.42 Å². The number of rotatable bonds is 4. The maximum Gasteiger partial charge on any atom is 0.192 e. The van der Waals surface area contributed by atoms with Gasteiger partial charge in [0.1, 0.15) is 5.52 Å². The standard InChI is InChI=1S/C13H18N2O/c1-4-10(5-2)15-11-6-7-13-12(8-11)14-9(3)16-13/h6-8,10,15H,4-5H2,1-3H3. The van der Waals surface area contributed by atoms with Crippen LogP contribution >= 0.6 is 0 Å². The van der Waals surface area contributed by atoms with Crippen molar-refractivity contribution in [2.24, 2.45) is 0 Å². The first kappa shape index (κ1) is 11.0. The van der Waals surface area contributed by atoms with Gasteiger partial charge in [0.25, 0.3) is 0 Å². The highest BCUT2D eigenvalue weighted by Crippen LogP contribution is 2.20. The number of hydrogen-bond acceptors (Lipinski definition) is 3. The summed E-state index contributed by atoms with van der Waals surface area (Å²) in [6.45, 7) is 6.26. The lowest BCUT2D eigenvalue weighted by Gasteiger charge is -2.15. The molecule has 1 aromatic carbocycles. The van der Waals surface area contributed by atoms with Gasteiger partial charge in [-0.2, -0.15) is 0 Å². The van der Waals surface area contributed by atoms with Crippen LogP contribution in [-0.4, -0.2) is 11.0 Å². The highest BCUT2D eigenvalue weighted by atomic mass is 16.3. The molecule has 1 heterocycles. The van der Waals surface area contributed by atoms with Gasteiger partial charge in [-0.3, -0.25) is 0 Å². The zero-order valence-corrected chi connectivity index (χ0v) is 10.1. The summed E-state index contributed by atoms with van der Waals surface area (Å²) in [4.78, 5) is 4.33. The number of anilines is 1. The van der Waals surface area contributed by atoms with E-state index in [1.54, 1.807) is 0 Å². The molecule has 0 atom stereocenters. The molecule has 16 heavy (non-hydrogen) atoms. The van der Waals surface area contributed by atoms with Crippen LogP contribution in [0.1, 0.15) is 32.6 Å². The number of nitrogens with one attached hydrogen (secondary N) is 1. The van der Waals surface area contributed by atoms with Crippen LogP contribution in [0.2, 0.25) is 0 Å². The van der Waals surface area contributed by atoms with E-state index in [9.17, 15) is 0 Å². The molecule has 1 N–H and O–H groups in total. The molecule has 2 aromatic rings. The molecule has 0 aliphatic rings. The SMILES string of the molecule is CCC(CC)Nc1ccc2oc(C)nc2c1. The van der Waals surface area contributed by atoms with Crippen LogP contribution in [0.25, 0.3) is 11.1 Å². The van der Waals surface area contributed by atoms with Crippen molar-refractivity contribution in [1.29, 1.82) is 0 Å². The largest absolute Gasteiger partial charge is 0.441 e. The van der Waals surface area contributed by atoms with Gasteiger partial charge in [0, 0.05) is 18.7 Å². The average Bonchev–Trinajstić information content (AvgIpc) is 2.65. The van der Waals surface area contributed by atoms with Crippen LogP contribution in [0.15, 0.2) is 22.6 Å². The van der Waals surface area contributed by atoms with Gasteiger partial charge in [-0.15, -0.1) is 0 Å². The van der Waals surface area contributed by atoms with Crippen molar-refractivity contribution in [2.45, 2.75) is 39.7 Å². The molecule has 0 saturated carbocycles. The minimum Gasteiger partial charge on any atom is -0.441 e. The lowest BCUT2D eigenvalue weighted by molar-refractivity contribution is 0.561. The normalized spacial score (nSPS) is 11.2. The Morgan fingerprint density at radius 3 is 2.75 bits per heavy atom. The first-order chi connectivity index (χ1) is 7.72. The van der Waals surface area contributed by atoms with E-state index in [0.29, 0.717) is 6.04 Å². The second kappa shape index (κ2) is 4.56. The van der Waals surface area contributed by atoms with Crippen molar-refractivity contribution in [1.82, 2.24) is 4.98 Å². The molecule has 3 heteroatoms. The molecule has 0 aliphatic carbocycles. The Kier molecular flexibility index (Phi) is 3.13. The number of fused-ring (bicyclic) bond motifs is 1. The van der Waals surface area contributed by atoms with E-state index in [1.165, 1.54) is 0 Å². The van der Waals surface area contributed by atoms with Crippen LogP contribution < -0.4 is 5.32 Å². The highest BCUT2D eigenvalue weighted by Gasteiger charge is 2.06. The third kappa shape index (κ3) is 2.18. The molecule has 0 saturated heterocycles. The first-order valence-electron chi connectivity index (χ1n) is 5.86. The van der Waals surface area contributed by atoms with Crippen molar-refractivity contribution in [2.75, 3.05) is 5.32 Å². The van der Waals surface area contributed by atoms with Gasteiger partial charge in [-0.05, 0) is 31.0 Å². The lowest BCUT2D eigenvalue weighted by atomic mass is 10.1. The summed E-state index contributed by atoms with van der Waals surface area (Å²) >= 11 is 0. The second-order valence-corrected chi connectivity index (χ2v) is 4.07. The molecule has 0 spiro atoms. The lowest BCUT2D eigenvalue weighted by Crippen LogP contribution is -2.16.